The largest absolute Gasteiger partial charge is 0.383 e. The Labute approximate surface area is 152 Å². The topological polar surface area (TPSA) is 78.2 Å². The number of anilines is 1. The third-order valence-electron chi connectivity index (χ3n) is 4.97. The Bertz CT molecular complexity index is 692. The van der Waals surface area contributed by atoms with Gasteiger partial charge in [-0.15, -0.1) is 0 Å². The van der Waals surface area contributed by atoms with E-state index >= 15 is 0 Å². The molecular formula is C19H23FN4O2. The Morgan fingerprint density at radius 1 is 1.46 bits per heavy atom. The zero-order chi connectivity index (χ0) is 18.4. The fraction of sp³-hybridized carbons (Fsp3) is 0.526. The van der Waals surface area contributed by atoms with E-state index in [1.807, 2.05) is 6.07 Å². The van der Waals surface area contributed by atoms with Gasteiger partial charge in [-0.25, -0.2) is 9.37 Å². The second-order valence-electron chi connectivity index (χ2n) is 6.68. The van der Waals surface area contributed by atoms with Crippen molar-refractivity contribution in [2.45, 2.75) is 19.3 Å². The van der Waals surface area contributed by atoms with Crippen molar-refractivity contribution in [3.63, 3.8) is 0 Å². The van der Waals surface area contributed by atoms with Gasteiger partial charge in [0.15, 0.2) is 0 Å². The van der Waals surface area contributed by atoms with E-state index in [0.29, 0.717) is 38.4 Å². The number of carbonyl (C=O) groups excluding carboxylic acids is 1. The first-order valence-corrected chi connectivity index (χ1v) is 8.98. The fourth-order valence-corrected chi connectivity index (χ4v) is 3.49. The zero-order valence-corrected chi connectivity index (χ0v) is 14.7. The number of aromatic nitrogens is 1. The molecule has 1 aromatic heterocycles. The van der Waals surface area contributed by atoms with Crippen molar-refractivity contribution in [2.75, 3.05) is 38.2 Å². The molecule has 7 heteroatoms. The van der Waals surface area contributed by atoms with Gasteiger partial charge in [0.2, 0.25) is 5.91 Å². The molecule has 0 saturated carbocycles. The first-order valence-electron chi connectivity index (χ1n) is 8.98. The van der Waals surface area contributed by atoms with Gasteiger partial charge in [-0.05, 0) is 43.4 Å². The molecular weight excluding hydrogens is 335 g/mol. The molecule has 0 radical (unpaired) electrons. The van der Waals surface area contributed by atoms with Crippen LogP contribution >= 0.6 is 0 Å². The summed E-state index contributed by atoms with van der Waals surface area (Å²) in [6, 6.07) is 5.40. The lowest BCUT2D eigenvalue weighted by Crippen LogP contribution is -2.45. The Morgan fingerprint density at radius 3 is 2.92 bits per heavy atom. The maximum atomic E-state index is 13.6. The average molecular weight is 358 g/mol. The number of hydrogen-bond acceptors (Lipinski definition) is 5. The summed E-state index contributed by atoms with van der Waals surface area (Å²) in [5, 5.41) is 12.1. The Balaban J connectivity index is 1.69. The molecule has 0 spiro atoms. The molecule has 1 fully saturated rings. The summed E-state index contributed by atoms with van der Waals surface area (Å²) in [6.07, 6.45) is 5.36. The SMILES string of the molecule is N#Cc1ccc(NCC(C(=O)N2CCC=C(F)C2)C2CCOCC2)cn1. The lowest BCUT2D eigenvalue weighted by atomic mass is 9.84. The number of nitrogens with one attached hydrogen (secondary N) is 1. The highest BCUT2D eigenvalue weighted by Crippen LogP contribution is 2.27. The quantitative estimate of drug-likeness (QED) is 0.875. The van der Waals surface area contributed by atoms with E-state index in [1.165, 1.54) is 0 Å². The number of halogens is 1. The van der Waals surface area contributed by atoms with Crippen LogP contribution in [0.25, 0.3) is 0 Å². The van der Waals surface area contributed by atoms with Gasteiger partial charge in [0, 0.05) is 26.3 Å². The number of rotatable bonds is 5. The van der Waals surface area contributed by atoms with Gasteiger partial charge in [0.25, 0.3) is 0 Å². The van der Waals surface area contributed by atoms with Crippen molar-refractivity contribution >= 4 is 11.6 Å². The van der Waals surface area contributed by atoms with Crippen LogP contribution in [0, 0.1) is 23.2 Å². The summed E-state index contributed by atoms with van der Waals surface area (Å²) in [4.78, 5) is 18.7. The number of nitrogens with zero attached hydrogens (tertiary/aromatic N) is 3. The van der Waals surface area contributed by atoms with Gasteiger partial charge in [-0.3, -0.25) is 4.79 Å². The van der Waals surface area contributed by atoms with Crippen LogP contribution in [0.1, 0.15) is 25.0 Å². The Kier molecular flexibility index (Phi) is 6.18. The molecule has 3 heterocycles. The number of carbonyl (C=O) groups is 1. The van der Waals surface area contributed by atoms with E-state index in [1.54, 1.807) is 29.3 Å². The second-order valence-corrected chi connectivity index (χ2v) is 6.68. The monoisotopic (exact) mass is 358 g/mol. The van der Waals surface area contributed by atoms with Crippen molar-refractivity contribution in [1.29, 1.82) is 5.26 Å². The molecule has 3 rings (SSSR count). The summed E-state index contributed by atoms with van der Waals surface area (Å²) in [6.45, 7) is 2.39. The highest BCUT2D eigenvalue weighted by Gasteiger charge is 2.33. The van der Waals surface area contributed by atoms with E-state index in [0.717, 1.165) is 18.5 Å². The first kappa shape index (κ1) is 18.3. The molecule has 1 atom stereocenters. The molecule has 0 aliphatic carbocycles. The minimum absolute atomic E-state index is 0.00532. The van der Waals surface area contributed by atoms with Crippen LogP contribution in [-0.2, 0) is 9.53 Å². The van der Waals surface area contributed by atoms with Gasteiger partial charge in [-0.1, -0.05) is 0 Å². The minimum atomic E-state index is -0.237. The second kappa shape index (κ2) is 8.77. The Morgan fingerprint density at radius 2 is 2.27 bits per heavy atom. The van der Waals surface area contributed by atoms with E-state index in [9.17, 15) is 9.18 Å². The van der Waals surface area contributed by atoms with Crippen LogP contribution in [0.5, 0.6) is 0 Å². The van der Waals surface area contributed by atoms with Crippen LogP contribution in [0.15, 0.2) is 30.2 Å². The highest BCUT2D eigenvalue weighted by molar-refractivity contribution is 5.80. The maximum absolute atomic E-state index is 13.6. The van der Waals surface area contributed by atoms with E-state index < -0.39 is 0 Å². The van der Waals surface area contributed by atoms with Crippen molar-refractivity contribution in [2.24, 2.45) is 11.8 Å². The molecule has 2 aliphatic rings. The molecule has 2 aliphatic heterocycles. The predicted octanol–water partition coefficient (Wildman–Crippen LogP) is 2.49. The van der Waals surface area contributed by atoms with Crippen molar-refractivity contribution in [3.8, 4) is 6.07 Å². The van der Waals surface area contributed by atoms with Crippen LogP contribution in [0.3, 0.4) is 0 Å². The van der Waals surface area contributed by atoms with Gasteiger partial charge >= 0.3 is 0 Å². The normalized spacial score (nSPS) is 19.4. The number of amides is 1. The molecule has 138 valence electrons. The van der Waals surface area contributed by atoms with Crippen LogP contribution in [-0.4, -0.2) is 48.6 Å². The zero-order valence-electron chi connectivity index (χ0n) is 14.7. The molecule has 6 nitrogen and oxygen atoms in total. The lowest BCUT2D eigenvalue weighted by molar-refractivity contribution is -0.138. The van der Waals surface area contributed by atoms with Crippen molar-refractivity contribution in [1.82, 2.24) is 9.88 Å². The first-order chi connectivity index (χ1) is 12.7. The summed E-state index contributed by atoms with van der Waals surface area (Å²) >= 11 is 0. The molecule has 26 heavy (non-hydrogen) atoms. The van der Waals surface area contributed by atoms with Gasteiger partial charge in [-0.2, -0.15) is 5.26 Å². The van der Waals surface area contributed by atoms with Gasteiger partial charge in [0.05, 0.1) is 24.3 Å². The van der Waals surface area contributed by atoms with E-state index in [4.69, 9.17) is 10.00 Å². The third kappa shape index (κ3) is 4.58. The van der Waals surface area contributed by atoms with Gasteiger partial charge < -0.3 is 15.0 Å². The Hall–Kier alpha value is -2.46. The molecule has 1 N–H and O–H groups in total. The summed E-state index contributed by atoms with van der Waals surface area (Å²) in [5.41, 5.74) is 1.11. The predicted molar refractivity (Wildman–Crippen MR) is 94.9 cm³/mol. The molecule has 1 saturated heterocycles. The summed E-state index contributed by atoms with van der Waals surface area (Å²) in [5.74, 6) is -0.265. The molecule has 1 unspecified atom stereocenters. The molecule has 1 aromatic rings. The van der Waals surface area contributed by atoms with Crippen LogP contribution in [0.2, 0.25) is 0 Å². The number of pyridine rings is 1. The summed E-state index contributed by atoms with van der Waals surface area (Å²) < 4.78 is 19.0. The molecule has 0 aromatic carbocycles. The minimum Gasteiger partial charge on any atom is -0.383 e. The average Bonchev–Trinajstić information content (AvgIpc) is 2.69. The lowest BCUT2D eigenvalue weighted by Gasteiger charge is -2.34. The smallest absolute Gasteiger partial charge is 0.228 e. The van der Waals surface area contributed by atoms with E-state index in [-0.39, 0.29) is 30.1 Å². The van der Waals surface area contributed by atoms with Gasteiger partial charge in [0.1, 0.15) is 17.6 Å². The highest BCUT2D eigenvalue weighted by atomic mass is 19.1. The molecule has 1 amide bonds. The fourth-order valence-electron chi connectivity index (χ4n) is 3.49. The number of nitriles is 1. The van der Waals surface area contributed by atoms with Crippen molar-refractivity contribution < 1.29 is 13.9 Å². The molecule has 0 bridgehead atoms. The van der Waals surface area contributed by atoms with Crippen LogP contribution in [0.4, 0.5) is 10.1 Å². The van der Waals surface area contributed by atoms with Crippen molar-refractivity contribution in [3.05, 3.63) is 35.9 Å². The third-order valence-corrected chi connectivity index (χ3v) is 4.97. The standard InChI is InChI=1S/C19H23FN4O2/c20-15-2-1-7-24(13-15)19(25)18(14-5-8-26-9-6-14)12-23-17-4-3-16(10-21)22-11-17/h2-4,11,14,18,23H,1,5-9,12-13H2. The van der Waals surface area contributed by atoms with E-state index in [2.05, 4.69) is 10.3 Å². The summed E-state index contributed by atoms with van der Waals surface area (Å²) in [7, 11) is 0. The van der Waals surface area contributed by atoms with Crippen LogP contribution < -0.4 is 5.32 Å². The number of hydrogen-bond donors (Lipinski definition) is 1. The maximum Gasteiger partial charge on any atom is 0.228 e. The number of ether oxygens (including phenoxy) is 1.